The lowest BCUT2D eigenvalue weighted by molar-refractivity contribution is -0.113. The molecule has 0 spiro atoms. The van der Waals surface area contributed by atoms with Gasteiger partial charge < -0.3 is 5.32 Å². The van der Waals surface area contributed by atoms with E-state index in [-0.39, 0.29) is 17.4 Å². The molecule has 0 atom stereocenters. The van der Waals surface area contributed by atoms with E-state index in [1.807, 2.05) is 4.57 Å². The Hall–Kier alpha value is -3.49. The number of carbonyl (C=O) groups is 2. The van der Waals surface area contributed by atoms with Crippen LogP contribution >= 0.6 is 23.1 Å². The van der Waals surface area contributed by atoms with E-state index in [9.17, 15) is 9.59 Å². The number of anilines is 1. The van der Waals surface area contributed by atoms with E-state index in [4.69, 9.17) is 0 Å². The van der Waals surface area contributed by atoms with Gasteiger partial charge in [0.1, 0.15) is 0 Å². The lowest BCUT2D eigenvalue weighted by atomic mass is 10.0. The standard InChI is InChI=1S/C27H26N4O2S2/c1-5-14-31-26(23-15-34-19(4)25(23)21-8-6-17(2)7-9-21)29-30-27(31)35-16-24(33)28-22-12-10-20(11-13-22)18(3)32/h5-13,15H,1,14,16H2,2-4H3,(H,28,33). The van der Waals surface area contributed by atoms with Crippen LogP contribution in [-0.2, 0) is 11.3 Å². The van der Waals surface area contributed by atoms with Crippen LogP contribution in [0.3, 0.4) is 0 Å². The van der Waals surface area contributed by atoms with Crippen molar-refractivity contribution in [2.75, 3.05) is 11.1 Å². The molecule has 0 aliphatic heterocycles. The average Bonchev–Trinajstić information content (AvgIpc) is 3.42. The minimum atomic E-state index is -0.160. The number of benzene rings is 2. The Morgan fingerprint density at radius 3 is 2.46 bits per heavy atom. The summed E-state index contributed by atoms with van der Waals surface area (Å²) in [5, 5.41) is 14.5. The number of allylic oxidation sites excluding steroid dienone is 1. The fourth-order valence-electron chi connectivity index (χ4n) is 3.70. The number of nitrogens with one attached hydrogen (secondary N) is 1. The molecule has 1 N–H and O–H groups in total. The number of rotatable bonds is 9. The van der Waals surface area contributed by atoms with Crippen molar-refractivity contribution in [2.45, 2.75) is 32.5 Å². The highest BCUT2D eigenvalue weighted by Gasteiger charge is 2.20. The number of nitrogens with zero attached hydrogens (tertiary/aromatic N) is 3. The molecule has 2 heterocycles. The third-order valence-electron chi connectivity index (χ3n) is 5.49. The second kappa shape index (κ2) is 10.8. The molecule has 4 aromatic rings. The highest BCUT2D eigenvalue weighted by atomic mass is 32.2. The molecule has 0 saturated heterocycles. The van der Waals surface area contributed by atoms with Crippen LogP contribution in [0.1, 0.15) is 27.7 Å². The number of Topliss-reactive ketones (excluding diaryl/α,β-unsaturated/α-hetero) is 1. The van der Waals surface area contributed by atoms with Gasteiger partial charge in [0.2, 0.25) is 5.91 Å². The van der Waals surface area contributed by atoms with E-state index >= 15 is 0 Å². The zero-order valence-electron chi connectivity index (χ0n) is 19.9. The van der Waals surface area contributed by atoms with Crippen molar-refractivity contribution in [3.8, 4) is 22.5 Å². The Morgan fingerprint density at radius 1 is 1.09 bits per heavy atom. The molecule has 35 heavy (non-hydrogen) atoms. The van der Waals surface area contributed by atoms with Gasteiger partial charge in [-0.3, -0.25) is 14.2 Å². The van der Waals surface area contributed by atoms with Crippen LogP contribution in [-0.4, -0.2) is 32.2 Å². The SMILES string of the molecule is C=CCn1c(SCC(=O)Nc2ccc(C(C)=O)cc2)nnc1-c1csc(C)c1-c1ccc(C)cc1. The van der Waals surface area contributed by atoms with Crippen molar-refractivity contribution in [1.82, 2.24) is 14.8 Å². The first-order valence-electron chi connectivity index (χ1n) is 11.1. The predicted molar refractivity (Wildman–Crippen MR) is 144 cm³/mol. The fourth-order valence-corrected chi connectivity index (χ4v) is 5.31. The predicted octanol–water partition coefficient (Wildman–Crippen LogP) is 6.41. The van der Waals surface area contributed by atoms with Crippen molar-refractivity contribution in [2.24, 2.45) is 0 Å². The third-order valence-corrected chi connectivity index (χ3v) is 7.37. The molecule has 1 amide bonds. The molecule has 0 bridgehead atoms. The number of hydrogen-bond acceptors (Lipinski definition) is 6. The molecule has 0 radical (unpaired) electrons. The van der Waals surface area contributed by atoms with E-state index in [0.29, 0.717) is 23.0 Å². The number of aryl methyl sites for hydroxylation is 2. The molecule has 0 fully saturated rings. The number of hydrogen-bond donors (Lipinski definition) is 1. The number of thioether (sulfide) groups is 1. The maximum atomic E-state index is 12.5. The summed E-state index contributed by atoms with van der Waals surface area (Å²) < 4.78 is 1.99. The van der Waals surface area contributed by atoms with Crippen LogP contribution in [0.5, 0.6) is 0 Å². The highest BCUT2D eigenvalue weighted by molar-refractivity contribution is 7.99. The second-order valence-electron chi connectivity index (χ2n) is 8.12. The third kappa shape index (κ3) is 5.61. The Bertz CT molecular complexity index is 1370. The van der Waals surface area contributed by atoms with Crippen LogP contribution < -0.4 is 5.32 Å². The zero-order chi connectivity index (χ0) is 24.9. The fraction of sp³-hybridized carbons (Fsp3) is 0.185. The van der Waals surface area contributed by atoms with E-state index in [2.05, 4.69) is 65.6 Å². The molecule has 0 aliphatic rings. The number of aromatic nitrogens is 3. The quantitative estimate of drug-likeness (QED) is 0.163. The molecule has 2 aromatic heterocycles. The van der Waals surface area contributed by atoms with Crippen LogP contribution in [0.25, 0.3) is 22.5 Å². The first kappa shape index (κ1) is 24.6. The monoisotopic (exact) mass is 502 g/mol. The first-order chi connectivity index (χ1) is 16.9. The molecule has 178 valence electrons. The number of amides is 1. The van der Waals surface area contributed by atoms with Crippen LogP contribution in [0.4, 0.5) is 5.69 Å². The minimum absolute atomic E-state index is 0.0119. The van der Waals surface area contributed by atoms with Gasteiger partial charge >= 0.3 is 0 Å². The van der Waals surface area contributed by atoms with Gasteiger partial charge in [0.05, 0.1) is 5.75 Å². The molecule has 8 heteroatoms. The van der Waals surface area contributed by atoms with Crippen molar-refractivity contribution < 1.29 is 9.59 Å². The Kier molecular flexibility index (Phi) is 7.63. The summed E-state index contributed by atoms with van der Waals surface area (Å²) in [5.41, 5.74) is 5.77. The average molecular weight is 503 g/mol. The number of thiophene rings is 1. The summed E-state index contributed by atoms with van der Waals surface area (Å²) in [6.45, 7) is 10.1. The molecular formula is C27H26N4O2S2. The smallest absolute Gasteiger partial charge is 0.234 e. The van der Waals surface area contributed by atoms with Crippen molar-refractivity contribution in [1.29, 1.82) is 0 Å². The Morgan fingerprint density at radius 2 is 1.80 bits per heavy atom. The topological polar surface area (TPSA) is 76.9 Å². The number of ketones is 1. The molecule has 2 aromatic carbocycles. The van der Waals surface area contributed by atoms with E-state index < -0.39 is 0 Å². The first-order valence-corrected chi connectivity index (χ1v) is 13.0. The van der Waals surface area contributed by atoms with Gasteiger partial charge in [0.25, 0.3) is 0 Å². The van der Waals surface area contributed by atoms with Crippen molar-refractivity contribution in [3.05, 3.63) is 82.6 Å². The van der Waals surface area contributed by atoms with Gasteiger partial charge in [-0.05, 0) is 50.6 Å². The van der Waals surface area contributed by atoms with Gasteiger partial charge in [-0.2, -0.15) is 0 Å². The normalized spacial score (nSPS) is 10.8. The molecule has 4 rings (SSSR count). The van der Waals surface area contributed by atoms with Crippen molar-refractivity contribution in [3.63, 3.8) is 0 Å². The summed E-state index contributed by atoms with van der Waals surface area (Å²) >= 11 is 3.01. The largest absolute Gasteiger partial charge is 0.325 e. The van der Waals surface area contributed by atoms with Gasteiger partial charge in [-0.25, -0.2) is 0 Å². The maximum absolute atomic E-state index is 12.5. The molecule has 6 nitrogen and oxygen atoms in total. The summed E-state index contributed by atoms with van der Waals surface area (Å²) in [6, 6.07) is 15.3. The van der Waals surface area contributed by atoms with Crippen molar-refractivity contribution >= 4 is 40.5 Å². The van der Waals surface area contributed by atoms with Crippen LogP contribution in [0.2, 0.25) is 0 Å². The summed E-state index contributed by atoms with van der Waals surface area (Å²) in [5.74, 6) is 0.763. The van der Waals surface area contributed by atoms with Gasteiger partial charge in [-0.15, -0.1) is 28.1 Å². The van der Waals surface area contributed by atoms with E-state index in [1.165, 1.54) is 29.1 Å². The Balaban J connectivity index is 1.54. The molecule has 0 saturated carbocycles. The van der Waals surface area contributed by atoms with Crippen LogP contribution in [0, 0.1) is 13.8 Å². The van der Waals surface area contributed by atoms with E-state index in [1.54, 1.807) is 41.7 Å². The molecular weight excluding hydrogens is 476 g/mol. The maximum Gasteiger partial charge on any atom is 0.234 e. The lowest BCUT2D eigenvalue weighted by Gasteiger charge is -2.10. The second-order valence-corrected chi connectivity index (χ2v) is 10.1. The summed E-state index contributed by atoms with van der Waals surface area (Å²) in [6.07, 6.45) is 1.80. The van der Waals surface area contributed by atoms with Gasteiger partial charge in [0, 0.05) is 39.2 Å². The van der Waals surface area contributed by atoms with E-state index in [0.717, 1.165) is 22.5 Å². The Labute approximate surface area is 213 Å². The zero-order valence-corrected chi connectivity index (χ0v) is 21.5. The molecule has 0 aliphatic carbocycles. The highest BCUT2D eigenvalue weighted by Crippen LogP contribution is 2.39. The summed E-state index contributed by atoms with van der Waals surface area (Å²) in [7, 11) is 0. The van der Waals surface area contributed by atoms with Crippen LogP contribution in [0.15, 0.2) is 71.7 Å². The van der Waals surface area contributed by atoms with Gasteiger partial charge in [0.15, 0.2) is 16.8 Å². The van der Waals surface area contributed by atoms with Gasteiger partial charge in [-0.1, -0.05) is 47.7 Å². The molecule has 0 unspecified atom stereocenters. The lowest BCUT2D eigenvalue weighted by Crippen LogP contribution is -2.14. The minimum Gasteiger partial charge on any atom is -0.325 e. The summed E-state index contributed by atoms with van der Waals surface area (Å²) in [4.78, 5) is 25.2. The number of carbonyl (C=O) groups excluding carboxylic acids is 2.